The van der Waals surface area contributed by atoms with Crippen molar-refractivity contribution in [2.24, 2.45) is 11.8 Å². The highest BCUT2D eigenvalue weighted by Crippen LogP contribution is 2.32. The Morgan fingerprint density at radius 3 is 2.57 bits per heavy atom. The number of nitrogens with zero attached hydrogens (tertiary/aromatic N) is 2. The van der Waals surface area contributed by atoms with E-state index in [-0.39, 0.29) is 24.3 Å². The topological polar surface area (TPSA) is 64.7 Å². The van der Waals surface area contributed by atoms with Gasteiger partial charge in [0.05, 0.1) is 12.5 Å². The van der Waals surface area contributed by atoms with Crippen LogP contribution >= 0.6 is 0 Å². The minimum atomic E-state index is -0.617. The lowest BCUT2D eigenvalue weighted by Gasteiger charge is -2.42. The van der Waals surface area contributed by atoms with Gasteiger partial charge in [-0.15, -0.1) is 0 Å². The smallest absolute Gasteiger partial charge is 0.256 e. The monoisotopic (exact) mass is 326 g/mol. The number of carbonyl (C=O) groups excluding carboxylic acids is 2. The fraction of sp³-hybridized carbons (Fsp3) is 0.875. The first-order valence-corrected chi connectivity index (χ1v) is 8.72. The molecule has 0 spiro atoms. The van der Waals surface area contributed by atoms with Crippen molar-refractivity contribution in [1.29, 1.82) is 0 Å². The van der Waals surface area contributed by atoms with Crippen LogP contribution in [0.15, 0.2) is 0 Å². The maximum absolute atomic E-state index is 13.4. The molecule has 3 fully saturated rings. The van der Waals surface area contributed by atoms with Crippen LogP contribution in [0.2, 0.25) is 0 Å². The predicted molar refractivity (Wildman–Crippen MR) is 84.1 cm³/mol. The van der Waals surface area contributed by atoms with Crippen molar-refractivity contribution in [3.05, 3.63) is 0 Å². The lowest BCUT2D eigenvalue weighted by molar-refractivity contribution is -0.140. The molecule has 2 saturated heterocycles. The highest BCUT2D eigenvalue weighted by molar-refractivity contribution is 5.93. The lowest BCUT2D eigenvalue weighted by atomic mass is 9.79. The van der Waals surface area contributed by atoms with Gasteiger partial charge in [-0.3, -0.25) is 25.3 Å². The first-order valence-electron chi connectivity index (χ1n) is 8.72. The van der Waals surface area contributed by atoms with Crippen LogP contribution in [0.25, 0.3) is 0 Å². The number of carbonyl (C=O) groups is 2. The molecule has 2 N–H and O–H groups in total. The second kappa shape index (κ2) is 7.13. The molecule has 3 rings (SSSR count). The molecular weight excluding hydrogens is 299 g/mol. The fourth-order valence-electron chi connectivity index (χ4n) is 4.08. The Bertz CT molecular complexity index is 453. The van der Waals surface area contributed by atoms with Gasteiger partial charge in [-0.25, -0.2) is 4.39 Å². The van der Waals surface area contributed by atoms with E-state index in [1.807, 2.05) is 0 Å². The highest BCUT2D eigenvalue weighted by atomic mass is 19.1. The molecule has 0 bridgehead atoms. The van der Waals surface area contributed by atoms with Gasteiger partial charge in [0.15, 0.2) is 0 Å². The molecule has 2 amide bonds. The summed E-state index contributed by atoms with van der Waals surface area (Å²) in [7, 11) is 0. The van der Waals surface area contributed by atoms with E-state index >= 15 is 0 Å². The van der Waals surface area contributed by atoms with Gasteiger partial charge in [-0.05, 0) is 31.1 Å². The van der Waals surface area contributed by atoms with Crippen molar-refractivity contribution in [2.45, 2.75) is 44.8 Å². The van der Waals surface area contributed by atoms with Crippen LogP contribution in [0.4, 0.5) is 4.39 Å². The van der Waals surface area contributed by atoms with Crippen LogP contribution < -0.4 is 10.9 Å². The number of amides is 2. The molecule has 2 aliphatic heterocycles. The first-order chi connectivity index (χ1) is 11.0. The van der Waals surface area contributed by atoms with E-state index in [9.17, 15) is 14.0 Å². The average molecular weight is 326 g/mol. The van der Waals surface area contributed by atoms with Crippen LogP contribution in [0.5, 0.6) is 0 Å². The van der Waals surface area contributed by atoms with Gasteiger partial charge in [-0.1, -0.05) is 6.92 Å². The Hall–Kier alpha value is -1.21. The maximum Gasteiger partial charge on any atom is 0.256 e. The summed E-state index contributed by atoms with van der Waals surface area (Å²) in [5, 5.41) is 0. The second-order valence-corrected chi connectivity index (χ2v) is 7.24. The Kier molecular flexibility index (Phi) is 5.16. The molecule has 2 heterocycles. The van der Waals surface area contributed by atoms with Crippen LogP contribution in [-0.4, -0.2) is 66.6 Å². The molecule has 4 atom stereocenters. The van der Waals surface area contributed by atoms with E-state index in [0.717, 1.165) is 39.1 Å². The zero-order valence-electron chi connectivity index (χ0n) is 13.8. The summed E-state index contributed by atoms with van der Waals surface area (Å²) in [5.74, 6) is 0.781. The van der Waals surface area contributed by atoms with E-state index in [1.165, 1.54) is 0 Å². The zero-order chi connectivity index (χ0) is 16.4. The van der Waals surface area contributed by atoms with Crippen LogP contribution in [0.3, 0.4) is 0 Å². The van der Waals surface area contributed by atoms with Crippen molar-refractivity contribution in [3.8, 4) is 0 Å². The molecule has 4 unspecified atom stereocenters. The predicted octanol–water partition coefficient (Wildman–Crippen LogP) is 0.298. The molecular formula is C16H27FN4O2. The van der Waals surface area contributed by atoms with Crippen molar-refractivity contribution < 1.29 is 14.0 Å². The summed E-state index contributed by atoms with van der Waals surface area (Å²) < 4.78 is 13.4. The number of piperazine rings is 1. The van der Waals surface area contributed by atoms with E-state index in [2.05, 4.69) is 27.6 Å². The second-order valence-electron chi connectivity index (χ2n) is 7.24. The van der Waals surface area contributed by atoms with Gasteiger partial charge < -0.3 is 4.90 Å². The van der Waals surface area contributed by atoms with E-state index in [1.54, 1.807) is 0 Å². The largest absolute Gasteiger partial charge is 0.301 e. The highest BCUT2D eigenvalue weighted by Gasteiger charge is 2.35. The van der Waals surface area contributed by atoms with Crippen LogP contribution in [0.1, 0.15) is 32.6 Å². The van der Waals surface area contributed by atoms with Crippen molar-refractivity contribution in [2.75, 3.05) is 32.7 Å². The van der Waals surface area contributed by atoms with Gasteiger partial charge in [0.25, 0.3) is 5.91 Å². The summed E-state index contributed by atoms with van der Waals surface area (Å²) in [5.41, 5.74) is 4.80. The number of hydrogen-bond acceptors (Lipinski definition) is 4. The molecule has 0 aromatic carbocycles. The summed E-state index contributed by atoms with van der Waals surface area (Å²) in [4.78, 5) is 27.9. The average Bonchev–Trinajstić information content (AvgIpc) is 2.53. The molecule has 0 radical (unpaired) electrons. The zero-order valence-corrected chi connectivity index (χ0v) is 13.8. The third kappa shape index (κ3) is 4.01. The number of alkyl halides is 1. The summed E-state index contributed by atoms with van der Waals surface area (Å²) in [6.07, 6.45) is 2.00. The Labute approximate surface area is 136 Å². The Morgan fingerprint density at radius 2 is 1.87 bits per heavy atom. The van der Waals surface area contributed by atoms with Crippen molar-refractivity contribution in [3.63, 3.8) is 0 Å². The SMILES string of the molecule is CC1CC(F)CCC1CN1CCN(C2CC(=O)NNC2=O)CC1. The number of hydrogen-bond donors (Lipinski definition) is 2. The minimum absolute atomic E-state index is 0.118. The molecule has 6 nitrogen and oxygen atoms in total. The van der Waals surface area contributed by atoms with Crippen molar-refractivity contribution in [1.82, 2.24) is 20.7 Å². The first kappa shape index (κ1) is 16.6. The maximum atomic E-state index is 13.4. The normalized spacial score (nSPS) is 37.3. The number of halogens is 1. The molecule has 23 heavy (non-hydrogen) atoms. The fourth-order valence-corrected chi connectivity index (χ4v) is 4.08. The third-order valence-corrected chi connectivity index (χ3v) is 5.63. The molecule has 1 aliphatic carbocycles. The molecule has 3 aliphatic rings. The molecule has 7 heteroatoms. The van der Waals surface area contributed by atoms with Gasteiger partial charge in [0.1, 0.15) is 6.17 Å². The van der Waals surface area contributed by atoms with Gasteiger partial charge in [-0.2, -0.15) is 0 Å². The standard InChI is InChI=1S/C16H27FN4O2/c1-11-8-13(17)3-2-12(11)10-20-4-6-21(7-5-20)14-9-15(22)18-19-16(14)23/h11-14H,2-10H2,1H3,(H,18,22)(H,19,23). The summed E-state index contributed by atoms with van der Waals surface area (Å²) >= 11 is 0. The van der Waals surface area contributed by atoms with Crippen molar-refractivity contribution >= 4 is 11.8 Å². The van der Waals surface area contributed by atoms with E-state index in [4.69, 9.17) is 0 Å². The summed E-state index contributed by atoms with van der Waals surface area (Å²) in [6.45, 7) is 6.62. The van der Waals surface area contributed by atoms with Gasteiger partial charge >= 0.3 is 0 Å². The molecule has 0 aromatic rings. The minimum Gasteiger partial charge on any atom is -0.301 e. The van der Waals surface area contributed by atoms with E-state index in [0.29, 0.717) is 24.7 Å². The molecule has 1 saturated carbocycles. The number of hydrazine groups is 1. The van der Waals surface area contributed by atoms with E-state index < -0.39 is 6.17 Å². The van der Waals surface area contributed by atoms with Gasteiger partial charge in [0.2, 0.25) is 5.91 Å². The van der Waals surface area contributed by atoms with Crippen LogP contribution in [0, 0.1) is 11.8 Å². The Balaban J connectivity index is 1.47. The Morgan fingerprint density at radius 1 is 1.13 bits per heavy atom. The molecule has 130 valence electrons. The van der Waals surface area contributed by atoms with Crippen LogP contribution in [-0.2, 0) is 9.59 Å². The lowest BCUT2D eigenvalue weighted by Crippen LogP contribution is -2.62. The third-order valence-electron chi connectivity index (χ3n) is 5.63. The number of nitrogens with one attached hydrogen (secondary N) is 2. The summed E-state index contributed by atoms with van der Waals surface area (Å²) in [6, 6.07) is -0.341. The number of rotatable bonds is 3. The molecule has 0 aromatic heterocycles. The van der Waals surface area contributed by atoms with Gasteiger partial charge in [0, 0.05) is 32.7 Å². The quantitative estimate of drug-likeness (QED) is 0.783.